The Morgan fingerprint density at radius 3 is 2.32 bits per heavy atom. The lowest BCUT2D eigenvalue weighted by atomic mass is 9.96. The Bertz CT molecular complexity index is 359. The van der Waals surface area contributed by atoms with E-state index < -0.39 is 55.0 Å². The van der Waals surface area contributed by atoms with Crippen LogP contribution in [-0.4, -0.2) is 74.2 Å². The van der Waals surface area contributed by atoms with Crippen LogP contribution < -0.4 is 5.32 Å². The Balaban J connectivity index is 2.83. The first kappa shape index (κ1) is 16.0. The molecule has 1 aliphatic heterocycles. The predicted octanol–water partition coefficient (Wildman–Crippen LogP) is -3.80. The molecule has 110 valence electrons. The molecule has 1 aliphatic rings. The lowest BCUT2D eigenvalue weighted by molar-refractivity contribution is -0.358. The van der Waals surface area contributed by atoms with Gasteiger partial charge in [0.15, 0.2) is 6.10 Å². The highest BCUT2D eigenvalue weighted by molar-refractivity contribution is 5.96. The molecule has 1 fully saturated rings. The van der Waals surface area contributed by atoms with Crippen LogP contribution in [0.1, 0.15) is 13.3 Å². The van der Waals surface area contributed by atoms with Crippen LogP contribution in [0.2, 0.25) is 0 Å². The number of hydrogen-bond acceptors (Lipinski definition) is 8. The summed E-state index contributed by atoms with van der Waals surface area (Å²) in [5.74, 6) is -4.11. The summed E-state index contributed by atoms with van der Waals surface area (Å²) in [4.78, 5) is 22.1. The van der Waals surface area contributed by atoms with E-state index in [2.05, 4.69) is 0 Å². The van der Waals surface area contributed by atoms with Crippen LogP contribution in [0.25, 0.3) is 0 Å². The number of amides is 1. The van der Waals surface area contributed by atoms with Crippen LogP contribution in [0.3, 0.4) is 0 Å². The molecule has 19 heavy (non-hydrogen) atoms. The van der Waals surface area contributed by atoms with E-state index in [9.17, 15) is 30.0 Å². The second-order valence-corrected chi connectivity index (χ2v) is 4.39. The van der Waals surface area contributed by atoms with Crippen molar-refractivity contribution in [2.75, 3.05) is 6.61 Å². The highest BCUT2D eigenvalue weighted by Crippen LogP contribution is 2.26. The van der Waals surface area contributed by atoms with E-state index in [0.717, 1.165) is 6.92 Å². The smallest absolute Gasteiger partial charge is 0.279 e. The molecule has 9 heteroatoms. The molecule has 0 bridgehead atoms. The summed E-state index contributed by atoms with van der Waals surface area (Å²) in [6.45, 7) is 0.396. The van der Waals surface area contributed by atoms with E-state index in [4.69, 9.17) is 9.84 Å². The minimum atomic E-state index is -2.70. The van der Waals surface area contributed by atoms with Crippen LogP contribution in [0, 0.1) is 0 Å². The summed E-state index contributed by atoms with van der Waals surface area (Å²) in [6, 6.07) is 0. The minimum Gasteiger partial charge on any atom is -0.394 e. The molecule has 1 amide bonds. The maximum Gasteiger partial charge on any atom is 0.279 e. The molecule has 0 aromatic carbocycles. The van der Waals surface area contributed by atoms with Gasteiger partial charge in [-0.1, -0.05) is 0 Å². The van der Waals surface area contributed by atoms with Gasteiger partial charge in [0.05, 0.1) is 13.0 Å². The van der Waals surface area contributed by atoms with Crippen LogP contribution >= 0.6 is 0 Å². The van der Waals surface area contributed by atoms with Gasteiger partial charge in [0.2, 0.25) is 5.91 Å². The van der Waals surface area contributed by atoms with E-state index in [-0.39, 0.29) is 0 Å². The third kappa shape index (κ3) is 3.47. The van der Waals surface area contributed by atoms with Gasteiger partial charge in [0.1, 0.15) is 24.1 Å². The number of nitrogens with one attached hydrogen (secondary N) is 1. The summed E-state index contributed by atoms with van der Waals surface area (Å²) in [6.07, 6.45) is -7.47. The third-order valence-electron chi connectivity index (χ3n) is 2.69. The van der Waals surface area contributed by atoms with E-state index in [1.165, 1.54) is 0 Å². The monoisotopic (exact) mass is 279 g/mol. The molecule has 0 spiro atoms. The van der Waals surface area contributed by atoms with E-state index in [1.54, 1.807) is 0 Å². The molecule has 1 rings (SSSR count). The van der Waals surface area contributed by atoms with Gasteiger partial charge in [0, 0.05) is 0 Å². The number of Topliss-reactive ketones (excluding diaryl/α,β-unsaturated/α-hetero) is 1. The fourth-order valence-corrected chi connectivity index (χ4v) is 1.73. The van der Waals surface area contributed by atoms with Crippen molar-refractivity contribution >= 4 is 11.7 Å². The fourth-order valence-electron chi connectivity index (χ4n) is 1.73. The average Bonchev–Trinajstić information content (AvgIpc) is 2.30. The van der Waals surface area contributed by atoms with Crippen molar-refractivity contribution in [3.8, 4) is 0 Å². The summed E-state index contributed by atoms with van der Waals surface area (Å²) < 4.78 is 4.77. The number of hydrogen-bond donors (Lipinski definition) is 6. The standard InChI is InChI=1S/C10H17NO8/c1-4(13)2-6(14)11-10(18)9(17)8(16)7(15)5(3-12)19-10/h5,7-9,12,15-18H,2-3H2,1H3,(H,11,14). The van der Waals surface area contributed by atoms with Gasteiger partial charge in [-0.05, 0) is 6.92 Å². The Hall–Kier alpha value is -1.10. The maximum atomic E-state index is 11.4. The van der Waals surface area contributed by atoms with Gasteiger partial charge in [-0.15, -0.1) is 0 Å². The van der Waals surface area contributed by atoms with Crippen LogP contribution in [-0.2, 0) is 14.3 Å². The Labute approximate surface area is 108 Å². The SMILES string of the molecule is CC(=O)CC(=O)NC1(O)OC(CO)C(O)C(O)C1O. The van der Waals surface area contributed by atoms with Crippen LogP contribution in [0.5, 0.6) is 0 Å². The second kappa shape index (κ2) is 5.90. The number of aliphatic hydroxyl groups excluding tert-OH is 4. The molecule has 0 aromatic heterocycles. The molecule has 0 saturated carbocycles. The molecular formula is C10H17NO8. The van der Waals surface area contributed by atoms with Crippen LogP contribution in [0.4, 0.5) is 0 Å². The Kier molecular flexibility index (Phi) is 4.96. The molecule has 5 unspecified atom stereocenters. The molecule has 0 aliphatic carbocycles. The number of ketones is 1. The molecular weight excluding hydrogens is 262 g/mol. The van der Waals surface area contributed by atoms with Gasteiger partial charge >= 0.3 is 0 Å². The highest BCUT2D eigenvalue weighted by atomic mass is 16.7. The van der Waals surface area contributed by atoms with Crippen molar-refractivity contribution < 1.29 is 39.9 Å². The third-order valence-corrected chi connectivity index (χ3v) is 2.69. The fraction of sp³-hybridized carbons (Fsp3) is 0.800. The van der Waals surface area contributed by atoms with Crippen molar-refractivity contribution in [1.29, 1.82) is 0 Å². The topological polar surface area (TPSA) is 157 Å². The van der Waals surface area contributed by atoms with Gasteiger partial charge in [-0.2, -0.15) is 0 Å². The number of ether oxygens (including phenoxy) is 1. The first-order chi connectivity index (χ1) is 8.71. The second-order valence-electron chi connectivity index (χ2n) is 4.39. The van der Waals surface area contributed by atoms with Crippen LogP contribution in [0.15, 0.2) is 0 Å². The number of rotatable bonds is 4. The number of aliphatic hydroxyl groups is 5. The average molecular weight is 279 g/mol. The minimum absolute atomic E-state index is 0.481. The molecule has 1 heterocycles. The first-order valence-electron chi connectivity index (χ1n) is 5.57. The highest BCUT2D eigenvalue weighted by Gasteiger charge is 2.53. The largest absolute Gasteiger partial charge is 0.394 e. The van der Waals surface area contributed by atoms with Crippen molar-refractivity contribution in [2.24, 2.45) is 0 Å². The van der Waals surface area contributed by atoms with Gasteiger partial charge in [0.25, 0.3) is 5.91 Å². The molecule has 0 radical (unpaired) electrons. The number of carbonyl (C=O) groups excluding carboxylic acids is 2. The summed E-state index contributed by atoms with van der Waals surface area (Å²) in [5.41, 5.74) is 0. The summed E-state index contributed by atoms with van der Waals surface area (Å²) in [7, 11) is 0. The molecule has 0 aromatic rings. The van der Waals surface area contributed by atoms with Crippen molar-refractivity contribution in [3.63, 3.8) is 0 Å². The van der Waals surface area contributed by atoms with E-state index in [0.29, 0.717) is 0 Å². The molecule has 1 saturated heterocycles. The van der Waals surface area contributed by atoms with Gasteiger partial charge in [-0.25, -0.2) is 0 Å². The maximum absolute atomic E-state index is 11.4. The lowest BCUT2D eigenvalue weighted by Gasteiger charge is -2.45. The molecule has 6 N–H and O–H groups in total. The van der Waals surface area contributed by atoms with Gasteiger partial charge < -0.3 is 35.6 Å². The molecule has 9 nitrogen and oxygen atoms in total. The summed E-state index contributed by atoms with van der Waals surface area (Å²) >= 11 is 0. The molecule has 5 atom stereocenters. The quantitative estimate of drug-likeness (QED) is 0.226. The lowest BCUT2D eigenvalue weighted by Crippen LogP contribution is -2.71. The Morgan fingerprint density at radius 2 is 1.84 bits per heavy atom. The zero-order valence-electron chi connectivity index (χ0n) is 10.2. The zero-order chi connectivity index (χ0) is 14.8. The van der Waals surface area contributed by atoms with Crippen molar-refractivity contribution in [3.05, 3.63) is 0 Å². The predicted molar refractivity (Wildman–Crippen MR) is 58.4 cm³/mol. The van der Waals surface area contributed by atoms with Crippen molar-refractivity contribution in [1.82, 2.24) is 5.32 Å². The van der Waals surface area contributed by atoms with E-state index >= 15 is 0 Å². The van der Waals surface area contributed by atoms with Crippen molar-refractivity contribution in [2.45, 2.75) is 43.7 Å². The first-order valence-corrected chi connectivity index (χ1v) is 5.57. The number of carbonyl (C=O) groups is 2. The van der Waals surface area contributed by atoms with E-state index in [1.807, 2.05) is 5.32 Å². The zero-order valence-corrected chi connectivity index (χ0v) is 10.2. The Morgan fingerprint density at radius 1 is 1.26 bits per heavy atom. The normalized spacial score (nSPS) is 38.8. The summed E-state index contributed by atoms with van der Waals surface area (Å²) in [5, 5.41) is 49.2. The van der Waals surface area contributed by atoms with Gasteiger partial charge in [-0.3, -0.25) is 9.59 Å².